The van der Waals surface area contributed by atoms with Crippen LogP contribution in [0, 0.1) is 0 Å². The van der Waals surface area contributed by atoms with Crippen molar-refractivity contribution in [3.8, 4) is 11.5 Å². The Hall–Kier alpha value is -3.23. The first-order chi connectivity index (χ1) is 14.9. The number of carbonyl (C=O) groups excluding carboxylic acids is 1. The number of aryl methyl sites for hydroxylation is 1. The molecule has 2 heterocycles. The van der Waals surface area contributed by atoms with Crippen LogP contribution in [0.3, 0.4) is 0 Å². The van der Waals surface area contributed by atoms with Crippen molar-refractivity contribution in [1.82, 2.24) is 14.9 Å². The van der Waals surface area contributed by atoms with E-state index in [4.69, 9.17) is 9.47 Å². The van der Waals surface area contributed by atoms with Gasteiger partial charge in [-0.05, 0) is 30.4 Å². The number of fused-ring (bicyclic) bond motifs is 3. The Morgan fingerprint density at radius 3 is 2.68 bits per heavy atom. The van der Waals surface area contributed by atoms with Crippen LogP contribution in [0.5, 0.6) is 11.5 Å². The summed E-state index contributed by atoms with van der Waals surface area (Å²) in [6, 6.07) is 10.5. The van der Waals surface area contributed by atoms with Gasteiger partial charge in [0.1, 0.15) is 19.8 Å². The van der Waals surface area contributed by atoms with Crippen LogP contribution in [-0.2, 0) is 23.9 Å². The van der Waals surface area contributed by atoms with E-state index in [1.54, 1.807) is 0 Å². The van der Waals surface area contributed by atoms with Crippen molar-refractivity contribution in [1.29, 1.82) is 0 Å². The van der Waals surface area contributed by atoms with Crippen molar-refractivity contribution in [2.24, 2.45) is 0 Å². The molecule has 9 heteroatoms. The van der Waals surface area contributed by atoms with Crippen molar-refractivity contribution in [3.05, 3.63) is 53.3 Å². The lowest BCUT2D eigenvalue weighted by molar-refractivity contribution is -0.147. The largest absolute Gasteiger partial charge is 0.486 e. The molecule has 1 atom stereocenters. The van der Waals surface area contributed by atoms with Gasteiger partial charge in [0.15, 0.2) is 11.5 Å². The van der Waals surface area contributed by atoms with Crippen LogP contribution in [0.4, 0.5) is 13.2 Å². The molecule has 31 heavy (non-hydrogen) atoms. The van der Waals surface area contributed by atoms with E-state index in [0.29, 0.717) is 24.7 Å². The lowest BCUT2D eigenvalue weighted by Gasteiger charge is -2.26. The highest BCUT2D eigenvalue weighted by molar-refractivity contribution is 5.84. The summed E-state index contributed by atoms with van der Waals surface area (Å²) in [6.07, 6.45) is -2.12. The molecule has 1 aliphatic carbocycles. The van der Waals surface area contributed by atoms with Crippen LogP contribution in [0.2, 0.25) is 0 Å². The third-order valence-corrected chi connectivity index (χ3v) is 5.67. The minimum absolute atomic E-state index is 0.104. The summed E-state index contributed by atoms with van der Waals surface area (Å²) in [5.41, 5.74) is 2.46. The molecule has 2 aromatic carbocycles. The van der Waals surface area contributed by atoms with Crippen molar-refractivity contribution in [2.75, 3.05) is 13.2 Å². The van der Waals surface area contributed by atoms with Gasteiger partial charge in [-0.2, -0.15) is 13.2 Å². The van der Waals surface area contributed by atoms with Gasteiger partial charge in [0.25, 0.3) is 0 Å². The minimum atomic E-state index is -4.71. The molecule has 2 aliphatic rings. The summed E-state index contributed by atoms with van der Waals surface area (Å²) in [4.78, 5) is 16.6. The molecule has 0 unspecified atom stereocenters. The smallest absolute Gasteiger partial charge is 0.449 e. The van der Waals surface area contributed by atoms with Gasteiger partial charge in [-0.1, -0.05) is 24.3 Å². The molecule has 1 N–H and O–H groups in total. The quantitative estimate of drug-likeness (QED) is 0.681. The van der Waals surface area contributed by atoms with Gasteiger partial charge in [0.05, 0.1) is 17.1 Å². The van der Waals surface area contributed by atoms with E-state index >= 15 is 0 Å². The number of halogens is 3. The fourth-order valence-corrected chi connectivity index (χ4v) is 4.33. The molecular weight excluding hydrogens is 411 g/mol. The molecule has 1 aliphatic heterocycles. The summed E-state index contributed by atoms with van der Waals surface area (Å²) in [6.45, 7) is 0.126. The van der Waals surface area contributed by atoms with Gasteiger partial charge in [-0.25, -0.2) is 4.98 Å². The summed E-state index contributed by atoms with van der Waals surface area (Å²) >= 11 is 0. The van der Waals surface area contributed by atoms with Crippen molar-refractivity contribution in [2.45, 2.75) is 38.0 Å². The van der Waals surface area contributed by atoms with Gasteiger partial charge in [-0.15, -0.1) is 0 Å². The molecule has 0 radical (unpaired) electrons. The van der Waals surface area contributed by atoms with Crippen molar-refractivity contribution < 1.29 is 27.4 Å². The number of rotatable bonds is 3. The van der Waals surface area contributed by atoms with E-state index < -0.39 is 24.5 Å². The van der Waals surface area contributed by atoms with Gasteiger partial charge >= 0.3 is 6.18 Å². The number of benzene rings is 2. The average Bonchev–Trinajstić information content (AvgIpc) is 3.10. The van der Waals surface area contributed by atoms with Crippen LogP contribution in [0.25, 0.3) is 11.0 Å². The van der Waals surface area contributed by atoms with Gasteiger partial charge in [0, 0.05) is 12.1 Å². The molecule has 5 rings (SSSR count). The fraction of sp³-hybridized carbons (Fsp3) is 0.364. The number of hydrogen-bond acceptors (Lipinski definition) is 4. The normalized spacial score (nSPS) is 18.0. The van der Waals surface area contributed by atoms with Crippen LogP contribution in [-0.4, -0.2) is 28.7 Å². The Kier molecular flexibility index (Phi) is 4.75. The second-order valence-corrected chi connectivity index (χ2v) is 7.72. The Morgan fingerprint density at radius 2 is 1.90 bits per heavy atom. The lowest BCUT2D eigenvalue weighted by Crippen LogP contribution is -2.34. The maximum absolute atomic E-state index is 13.7. The fourth-order valence-electron chi connectivity index (χ4n) is 4.33. The standard InChI is InChI=1S/C22H20F3N3O3/c23-22(24,25)21-27-16-10-18-19(31-9-8-30-18)11-17(16)28(21)12-20(29)26-15-7-3-5-13-4-1-2-6-14(13)15/h1-2,4,6,10-11,15H,3,5,7-9,12H2,(H,26,29)/t15-/m0/s1. The first kappa shape index (κ1) is 19.7. The molecule has 0 spiro atoms. The Morgan fingerprint density at radius 1 is 1.16 bits per heavy atom. The van der Waals surface area contributed by atoms with Crippen LogP contribution >= 0.6 is 0 Å². The number of imidazole rings is 1. The van der Waals surface area contributed by atoms with Crippen molar-refractivity contribution >= 4 is 16.9 Å². The molecule has 1 aromatic heterocycles. The van der Waals surface area contributed by atoms with Gasteiger partial charge < -0.3 is 19.4 Å². The van der Waals surface area contributed by atoms with E-state index in [9.17, 15) is 18.0 Å². The molecule has 0 saturated carbocycles. The summed E-state index contributed by atoms with van der Waals surface area (Å²) in [5.74, 6) is -0.930. The van der Waals surface area contributed by atoms with Crippen LogP contribution in [0.1, 0.15) is 35.8 Å². The monoisotopic (exact) mass is 431 g/mol. The number of alkyl halides is 3. The molecule has 0 saturated heterocycles. The summed E-state index contributed by atoms with van der Waals surface area (Å²) in [7, 11) is 0. The Balaban J connectivity index is 1.47. The third kappa shape index (κ3) is 3.68. The zero-order chi connectivity index (χ0) is 21.6. The van der Waals surface area contributed by atoms with E-state index in [1.165, 1.54) is 12.1 Å². The maximum atomic E-state index is 13.7. The van der Waals surface area contributed by atoms with E-state index in [-0.39, 0.29) is 17.1 Å². The molecule has 1 amide bonds. The number of ether oxygens (including phenoxy) is 2. The van der Waals surface area contributed by atoms with Gasteiger partial charge in [0.2, 0.25) is 11.7 Å². The lowest BCUT2D eigenvalue weighted by atomic mass is 9.88. The first-order valence-electron chi connectivity index (χ1n) is 10.1. The molecule has 0 fully saturated rings. The predicted molar refractivity (Wildman–Crippen MR) is 106 cm³/mol. The average molecular weight is 431 g/mol. The SMILES string of the molecule is O=C(Cn1c(C(F)(F)F)nc2cc3c(cc21)OCCO3)N[C@H]1CCCc2ccccc21. The highest BCUT2D eigenvalue weighted by atomic mass is 19.4. The zero-order valence-corrected chi connectivity index (χ0v) is 16.5. The van der Waals surface area contributed by atoms with E-state index in [0.717, 1.165) is 35.0 Å². The predicted octanol–water partition coefficient (Wildman–Crippen LogP) is 4.02. The van der Waals surface area contributed by atoms with Gasteiger partial charge in [-0.3, -0.25) is 4.79 Å². The number of aromatic nitrogens is 2. The highest BCUT2D eigenvalue weighted by Crippen LogP contribution is 2.38. The maximum Gasteiger partial charge on any atom is 0.449 e. The number of hydrogen-bond donors (Lipinski definition) is 1. The number of nitrogens with zero attached hydrogens (tertiary/aromatic N) is 2. The van der Waals surface area contributed by atoms with Crippen LogP contribution in [0.15, 0.2) is 36.4 Å². The second kappa shape index (κ2) is 7.47. The number of nitrogens with one attached hydrogen (secondary N) is 1. The highest BCUT2D eigenvalue weighted by Gasteiger charge is 2.38. The van der Waals surface area contributed by atoms with E-state index in [2.05, 4.69) is 10.3 Å². The minimum Gasteiger partial charge on any atom is -0.486 e. The Bertz CT molecular complexity index is 1160. The molecule has 3 aromatic rings. The van der Waals surface area contributed by atoms with E-state index in [1.807, 2.05) is 24.3 Å². The summed E-state index contributed by atoms with van der Waals surface area (Å²) < 4.78 is 52.9. The summed E-state index contributed by atoms with van der Waals surface area (Å²) in [5, 5.41) is 2.91. The number of carbonyl (C=O) groups is 1. The van der Waals surface area contributed by atoms with Crippen LogP contribution < -0.4 is 14.8 Å². The second-order valence-electron chi connectivity index (χ2n) is 7.72. The number of amides is 1. The topological polar surface area (TPSA) is 65.4 Å². The molecule has 6 nitrogen and oxygen atoms in total. The molecule has 0 bridgehead atoms. The molecular formula is C22H20F3N3O3. The Labute approximate surface area is 176 Å². The zero-order valence-electron chi connectivity index (χ0n) is 16.5. The van der Waals surface area contributed by atoms with Crippen molar-refractivity contribution in [3.63, 3.8) is 0 Å². The molecule has 162 valence electrons. The first-order valence-corrected chi connectivity index (χ1v) is 10.1. The third-order valence-electron chi connectivity index (χ3n) is 5.67.